The van der Waals surface area contributed by atoms with Crippen molar-refractivity contribution in [3.63, 3.8) is 0 Å². The van der Waals surface area contributed by atoms with E-state index >= 15 is 0 Å². The van der Waals surface area contributed by atoms with Gasteiger partial charge in [0.1, 0.15) is 0 Å². The SMILES string of the molecule is C=C(CCNC)CC1CCCCN1CC. The molecule has 0 amide bonds. The molecule has 0 spiro atoms. The summed E-state index contributed by atoms with van der Waals surface area (Å²) in [6.45, 7) is 10.0. The van der Waals surface area contributed by atoms with E-state index in [9.17, 15) is 0 Å². The van der Waals surface area contributed by atoms with E-state index in [2.05, 4.69) is 23.7 Å². The van der Waals surface area contributed by atoms with Crippen LogP contribution >= 0.6 is 0 Å². The summed E-state index contributed by atoms with van der Waals surface area (Å²) in [6, 6.07) is 0.771. The van der Waals surface area contributed by atoms with E-state index in [4.69, 9.17) is 0 Å². The lowest BCUT2D eigenvalue weighted by molar-refractivity contribution is 0.155. The number of likely N-dealkylation sites (tertiary alicyclic amines) is 1. The summed E-state index contributed by atoms with van der Waals surface area (Å²) >= 11 is 0. The van der Waals surface area contributed by atoms with Gasteiger partial charge in [-0.3, -0.25) is 0 Å². The first kappa shape index (κ1) is 12.7. The third-order valence-electron chi connectivity index (χ3n) is 3.41. The van der Waals surface area contributed by atoms with E-state index in [-0.39, 0.29) is 0 Å². The van der Waals surface area contributed by atoms with Crippen LogP contribution in [0.3, 0.4) is 0 Å². The minimum absolute atomic E-state index is 0.771. The summed E-state index contributed by atoms with van der Waals surface area (Å²) in [5, 5.41) is 3.19. The standard InChI is InChI=1S/C13H26N2/c1-4-15-10-6-5-7-13(15)11-12(2)8-9-14-3/h13-14H,2,4-11H2,1,3H3. The van der Waals surface area contributed by atoms with Gasteiger partial charge >= 0.3 is 0 Å². The van der Waals surface area contributed by atoms with Gasteiger partial charge in [-0.15, -0.1) is 0 Å². The average molecular weight is 210 g/mol. The predicted molar refractivity (Wildman–Crippen MR) is 67.2 cm³/mol. The summed E-state index contributed by atoms with van der Waals surface area (Å²) in [5.74, 6) is 0. The third kappa shape index (κ3) is 4.35. The van der Waals surface area contributed by atoms with E-state index < -0.39 is 0 Å². The first-order chi connectivity index (χ1) is 7.27. The van der Waals surface area contributed by atoms with Crippen LogP contribution in [0.1, 0.15) is 39.0 Å². The fourth-order valence-electron chi connectivity index (χ4n) is 2.44. The lowest BCUT2D eigenvalue weighted by atomic mass is 9.95. The molecule has 0 aromatic rings. The van der Waals surface area contributed by atoms with Crippen molar-refractivity contribution in [3.8, 4) is 0 Å². The van der Waals surface area contributed by atoms with Crippen molar-refractivity contribution >= 4 is 0 Å². The van der Waals surface area contributed by atoms with E-state index in [1.807, 2.05) is 7.05 Å². The van der Waals surface area contributed by atoms with Crippen molar-refractivity contribution in [2.24, 2.45) is 0 Å². The van der Waals surface area contributed by atoms with Gasteiger partial charge in [-0.2, -0.15) is 0 Å². The molecule has 1 aliphatic rings. The Labute approximate surface area is 94.7 Å². The van der Waals surface area contributed by atoms with Crippen molar-refractivity contribution < 1.29 is 0 Å². The maximum Gasteiger partial charge on any atom is 0.0132 e. The molecule has 1 atom stereocenters. The Morgan fingerprint density at radius 3 is 2.93 bits per heavy atom. The van der Waals surface area contributed by atoms with Gasteiger partial charge in [0.15, 0.2) is 0 Å². The lowest BCUT2D eigenvalue weighted by Crippen LogP contribution is -2.39. The second-order valence-corrected chi connectivity index (χ2v) is 4.59. The molecule has 2 nitrogen and oxygen atoms in total. The fraction of sp³-hybridized carbons (Fsp3) is 0.846. The van der Waals surface area contributed by atoms with E-state index in [0.29, 0.717) is 0 Å². The fourth-order valence-corrected chi connectivity index (χ4v) is 2.44. The molecule has 1 fully saturated rings. The quantitative estimate of drug-likeness (QED) is 0.677. The average Bonchev–Trinajstić information content (AvgIpc) is 2.27. The Kier molecular flexibility index (Phi) is 5.96. The molecule has 1 rings (SSSR count). The van der Waals surface area contributed by atoms with Crippen molar-refractivity contribution in [2.75, 3.05) is 26.7 Å². The molecule has 0 bridgehead atoms. The molecule has 1 N–H and O–H groups in total. The largest absolute Gasteiger partial charge is 0.319 e. The van der Waals surface area contributed by atoms with Crippen LogP contribution in [0.2, 0.25) is 0 Å². The van der Waals surface area contributed by atoms with Crippen LogP contribution in [0.15, 0.2) is 12.2 Å². The van der Waals surface area contributed by atoms with Gasteiger partial charge < -0.3 is 10.2 Å². The van der Waals surface area contributed by atoms with Crippen LogP contribution in [-0.2, 0) is 0 Å². The maximum atomic E-state index is 4.19. The van der Waals surface area contributed by atoms with Crippen LogP contribution < -0.4 is 5.32 Å². The second kappa shape index (κ2) is 7.02. The van der Waals surface area contributed by atoms with Gasteiger partial charge in [-0.05, 0) is 52.4 Å². The van der Waals surface area contributed by atoms with Crippen LogP contribution in [-0.4, -0.2) is 37.6 Å². The van der Waals surface area contributed by atoms with Crippen LogP contribution in [0, 0.1) is 0 Å². The molecule has 1 saturated heterocycles. The van der Waals surface area contributed by atoms with Gasteiger partial charge in [0.25, 0.3) is 0 Å². The normalized spacial score (nSPS) is 22.9. The first-order valence-electron chi connectivity index (χ1n) is 6.33. The van der Waals surface area contributed by atoms with Gasteiger partial charge in [-0.25, -0.2) is 0 Å². The smallest absolute Gasteiger partial charge is 0.0132 e. The summed E-state index contributed by atoms with van der Waals surface area (Å²) in [5.41, 5.74) is 1.41. The molecule has 0 saturated carbocycles. The highest BCUT2D eigenvalue weighted by Crippen LogP contribution is 2.22. The molecule has 1 unspecified atom stereocenters. The number of rotatable bonds is 6. The van der Waals surface area contributed by atoms with Crippen LogP contribution in [0.5, 0.6) is 0 Å². The Hall–Kier alpha value is -0.340. The zero-order valence-corrected chi connectivity index (χ0v) is 10.4. The highest BCUT2D eigenvalue weighted by molar-refractivity contribution is 4.99. The minimum atomic E-state index is 0.771. The second-order valence-electron chi connectivity index (χ2n) is 4.59. The molecule has 0 radical (unpaired) electrons. The maximum absolute atomic E-state index is 4.19. The van der Waals surface area contributed by atoms with Gasteiger partial charge in [-0.1, -0.05) is 25.5 Å². The molecular weight excluding hydrogens is 184 g/mol. The highest BCUT2D eigenvalue weighted by atomic mass is 15.2. The minimum Gasteiger partial charge on any atom is -0.319 e. The summed E-state index contributed by atoms with van der Waals surface area (Å²) in [7, 11) is 2.01. The van der Waals surface area contributed by atoms with Crippen molar-refractivity contribution in [3.05, 3.63) is 12.2 Å². The van der Waals surface area contributed by atoms with Gasteiger partial charge in [0.05, 0.1) is 0 Å². The topological polar surface area (TPSA) is 15.3 Å². The molecule has 88 valence electrons. The van der Waals surface area contributed by atoms with E-state index in [1.54, 1.807) is 0 Å². The molecule has 1 heterocycles. The van der Waals surface area contributed by atoms with Crippen LogP contribution in [0.4, 0.5) is 0 Å². The first-order valence-corrected chi connectivity index (χ1v) is 6.33. The van der Waals surface area contributed by atoms with Crippen molar-refractivity contribution in [2.45, 2.75) is 45.1 Å². The number of nitrogens with zero attached hydrogens (tertiary/aromatic N) is 1. The van der Waals surface area contributed by atoms with Crippen molar-refractivity contribution in [1.29, 1.82) is 0 Å². The molecular formula is C13H26N2. The zero-order chi connectivity index (χ0) is 11.1. The number of nitrogens with one attached hydrogen (secondary N) is 1. The lowest BCUT2D eigenvalue weighted by Gasteiger charge is -2.35. The van der Waals surface area contributed by atoms with E-state index in [0.717, 1.165) is 19.0 Å². The molecule has 0 aromatic heterocycles. The molecule has 1 aliphatic heterocycles. The molecule has 2 heteroatoms. The molecule has 0 aromatic carbocycles. The number of piperidine rings is 1. The zero-order valence-electron chi connectivity index (χ0n) is 10.4. The number of hydrogen-bond acceptors (Lipinski definition) is 2. The Morgan fingerprint density at radius 1 is 1.47 bits per heavy atom. The number of hydrogen-bond donors (Lipinski definition) is 1. The van der Waals surface area contributed by atoms with E-state index in [1.165, 1.54) is 44.3 Å². The molecule has 0 aliphatic carbocycles. The monoisotopic (exact) mass is 210 g/mol. The van der Waals surface area contributed by atoms with Crippen LogP contribution in [0.25, 0.3) is 0 Å². The summed E-state index contributed by atoms with van der Waals surface area (Å²) in [6.07, 6.45) is 6.49. The Balaban J connectivity index is 2.30. The third-order valence-corrected chi connectivity index (χ3v) is 3.41. The molecule has 15 heavy (non-hydrogen) atoms. The van der Waals surface area contributed by atoms with Gasteiger partial charge in [0.2, 0.25) is 0 Å². The summed E-state index contributed by atoms with van der Waals surface area (Å²) in [4.78, 5) is 2.62. The Morgan fingerprint density at radius 2 is 2.27 bits per heavy atom. The van der Waals surface area contributed by atoms with Gasteiger partial charge in [0, 0.05) is 6.04 Å². The highest BCUT2D eigenvalue weighted by Gasteiger charge is 2.20. The Bertz CT molecular complexity index is 189. The predicted octanol–water partition coefficient (Wildman–Crippen LogP) is 2.42. The summed E-state index contributed by atoms with van der Waals surface area (Å²) < 4.78 is 0. The van der Waals surface area contributed by atoms with Crippen molar-refractivity contribution in [1.82, 2.24) is 10.2 Å².